The Morgan fingerprint density at radius 3 is 1.50 bits per heavy atom. The first kappa shape index (κ1) is 11.9. The molecule has 0 saturated heterocycles. The summed E-state index contributed by atoms with van der Waals surface area (Å²) < 4.78 is 12.9. The minimum Gasteiger partial charge on any atom is -0.244 e. The van der Waals surface area contributed by atoms with Crippen LogP contribution in [0.4, 0.5) is 4.39 Å². The molecule has 1 rings (SSSR count). The quantitative estimate of drug-likeness (QED) is 0.512. The lowest BCUT2D eigenvalue weighted by Crippen LogP contribution is -2.20. The van der Waals surface area contributed by atoms with Crippen LogP contribution in [0, 0.1) is 5.92 Å². The van der Waals surface area contributed by atoms with Crippen LogP contribution in [0.2, 0.25) is 0 Å². The molecule has 74 valence electrons. The molecule has 0 N–H and O–H groups in total. The van der Waals surface area contributed by atoms with E-state index in [0.29, 0.717) is 0 Å². The smallest absolute Gasteiger partial charge is 0.108 e. The van der Waals surface area contributed by atoms with Gasteiger partial charge in [-0.3, -0.25) is 0 Å². The lowest BCUT2D eigenvalue weighted by molar-refractivity contribution is 0.130. The molecule has 0 aromatic carbocycles. The van der Waals surface area contributed by atoms with Crippen molar-refractivity contribution in [1.82, 2.24) is 0 Å². The zero-order valence-electron chi connectivity index (χ0n) is 8.99. The average Bonchev–Trinajstić information content (AvgIpc) is 1.85. The third kappa shape index (κ3) is 8.03. The Bertz CT molecular complexity index is 94.8. The molecular formula is C11H23F. The number of halogens is 1. The van der Waals surface area contributed by atoms with Crippen molar-refractivity contribution in [3.8, 4) is 0 Å². The van der Waals surface area contributed by atoms with E-state index in [1.807, 2.05) is 0 Å². The predicted octanol–water partition coefficient (Wildman–Crippen LogP) is 4.34. The van der Waals surface area contributed by atoms with Crippen LogP contribution in [0.25, 0.3) is 0 Å². The van der Waals surface area contributed by atoms with Gasteiger partial charge in [0.15, 0.2) is 0 Å². The van der Waals surface area contributed by atoms with Gasteiger partial charge in [-0.1, -0.05) is 40.0 Å². The second-order valence-electron chi connectivity index (χ2n) is 4.71. The van der Waals surface area contributed by atoms with Gasteiger partial charge in [0.1, 0.15) is 5.67 Å². The van der Waals surface area contributed by atoms with Crippen molar-refractivity contribution in [1.29, 1.82) is 0 Å². The van der Waals surface area contributed by atoms with E-state index in [9.17, 15) is 4.39 Å². The van der Waals surface area contributed by atoms with Gasteiger partial charge in [-0.05, 0) is 25.7 Å². The van der Waals surface area contributed by atoms with E-state index in [4.69, 9.17) is 0 Å². The maximum atomic E-state index is 12.9. The van der Waals surface area contributed by atoms with E-state index in [1.165, 1.54) is 6.42 Å². The molecule has 0 radical (unpaired) electrons. The molecule has 0 aliphatic heterocycles. The number of alkyl halides is 1. The highest BCUT2D eigenvalue weighted by atomic mass is 19.1. The SMILES string of the molecule is CC(C)C.CC1(F)CCCCC1. The largest absolute Gasteiger partial charge is 0.244 e. The third-order valence-corrected chi connectivity index (χ3v) is 1.90. The molecule has 0 spiro atoms. The Labute approximate surface area is 76.6 Å². The number of hydrogen-bond donors (Lipinski definition) is 0. The predicted molar refractivity (Wildman–Crippen MR) is 53.1 cm³/mol. The highest BCUT2D eigenvalue weighted by Crippen LogP contribution is 2.30. The van der Waals surface area contributed by atoms with E-state index in [1.54, 1.807) is 6.92 Å². The maximum Gasteiger partial charge on any atom is 0.108 e. The second kappa shape index (κ2) is 5.55. The van der Waals surface area contributed by atoms with Crippen LogP contribution in [0.5, 0.6) is 0 Å². The molecule has 1 heteroatoms. The standard InChI is InChI=1S/C7H13F.C4H10/c1-7(8)5-3-2-4-6-7;1-4(2)3/h2-6H2,1H3;4H,1-3H3. The van der Waals surface area contributed by atoms with Crippen molar-refractivity contribution >= 4 is 0 Å². The monoisotopic (exact) mass is 174 g/mol. The van der Waals surface area contributed by atoms with Gasteiger partial charge in [-0.25, -0.2) is 4.39 Å². The summed E-state index contributed by atoms with van der Waals surface area (Å²) in [5.74, 6) is 0.833. The minimum atomic E-state index is -0.821. The molecule has 0 nitrogen and oxygen atoms in total. The molecule has 12 heavy (non-hydrogen) atoms. The van der Waals surface area contributed by atoms with E-state index >= 15 is 0 Å². The van der Waals surface area contributed by atoms with Crippen molar-refractivity contribution in [2.24, 2.45) is 5.92 Å². The average molecular weight is 174 g/mol. The van der Waals surface area contributed by atoms with Crippen LogP contribution >= 0.6 is 0 Å². The Hall–Kier alpha value is -0.0700. The summed E-state index contributed by atoms with van der Waals surface area (Å²) in [6.07, 6.45) is 4.99. The lowest BCUT2D eigenvalue weighted by atomic mass is 9.88. The summed E-state index contributed by atoms with van der Waals surface area (Å²) in [7, 11) is 0. The van der Waals surface area contributed by atoms with Crippen molar-refractivity contribution in [2.75, 3.05) is 0 Å². The van der Waals surface area contributed by atoms with Crippen LogP contribution in [0.1, 0.15) is 59.8 Å². The van der Waals surface area contributed by atoms with E-state index in [-0.39, 0.29) is 0 Å². The van der Waals surface area contributed by atoms with Crippen molar-refractivity contribution < 1.29 is 4.39 Å². The topological polar surface area (TPSA) is 0 Å². The maximum absolute atomic E-state index is 12.9. The Balaban J connectivity index is 0.000000261. The fraction of sp³-hybridized carbons (Fsp3) is 1.00. The van der Waals surface area contributed by atoms with Gasteiger partial charge in [0.2, 0.25) is 0 Å². The number of hydrogen-bond acceptors (Lipinski definition) is 0. The molecule has 0 amide bonds. The highest BCUT2D eigenvalue weighted by molar-refractivity contribution is 4.76. The van der Waals surface area contributed by atoms with Crippen LogP contribution in [0.3, 0.4) is 0 Å². The summed E-state index contributed by atoms with van der Waals surface area (Å²) in [6, 6.07) is 0. The van der Waals surface area contributed by atoms with Gasteiger partial charge >= 0.3 is 0 Å². The molecule has 0 aromatic rings. The normalized spacial score (nSPS) is 21.5. The number of rotatable bonds is 0. The summed E-state index contributed by atoms with van der Waals surface area (Å²) >= 11 is 0. The van der Waals surface area contributed by atoms with Crippen LogP contribution in [-0.4, -0.2) is 5.67 Å². The molecule has 0 unspecified atom stereocenters. The summed E-state index contributed by atoms with van der Waals surface area (Å²) in [5, 5.41) is 0. The molecule has 0 heterocycles. The van der Waals surface area contributed by atoms with Gasteiger partial charge < -0.3 is 0 Å². The molecule has 0 aromatic heterocycles. The molecule has 0 atom stereocenters. The summed E-state index contributed by atoms with van der Waals surface area (Å²) in [5.41, 5.74) is -0.821. The fourth-order valence-electron chi connectivity index (χ4n) is 1.29. The van der Waals surface area contributed by atoms with E-state index < -0.39 is 5.67 Å². The van der Waals surface area contributed by atoms with Gasteiger partial charge in [0.25, 0.3) is 0 Å². The second-order valence-corrected chi connectivity index (χ2v) is 4.71. The van der Waals surface area contributed by atoms with Gasteiger partial charge in [0.05, 0.1) is 0 Å². The van der Waals surface area contributed by atoms with Crippen molar-refractivity contribution in [2.45, 2.75) is 65.5 Å². The fourth-order valence-corrected chi connectivity index (χ4v) is 1.29. The molecular weight excluding hydrogens is 151 g/mol. The highest BCUT2D eigenvalue weighted by Gasteiger charge is 2.24. The Kier molecular flexibility index (Phi) is 5.52. The minimum absolute atomic E-state index is 0.785. The molecule has 0 bridgehead atoms. The summed E-state index contributed by atoms with van der Waals surface area (Å²) in [6.45, 7) is 8.21. The lowest BCUT2D eigenvalue weighted by Gasteiger charge is -2.24. The first-order valence-corrected chi connectivity index (χ1v) is 5.13. The Morgan fingerprint density at radius 2 is 1.33 bits per heavy atom. The van der Waals surface area contributed by atoms with Gasteiger partial charge in [-0.2, -0.15) is 0 Å². The molecule has 1 saturated carbocycles. The van der Waals surface area contributed by atoms with Gasteiger partial charge in [0, 0.05) is 0 Å². The molecule has 1 aliphatic carbocycles. The van der Waals surface area contributed by atoms with E-state index in [2.05, 4.69) is 20.8 Å². The van der Waals surface area contributed by atoms with Gasteiger partial charge in [-0.15, -0.1) is 0 Å². The third-order valence-electron chi connectivity index (χ3n) is 1.90. The summed E-state index contributed by atoms with van der Waals surface area (Å²) in [4.78, 5) is 0. The van der Waals surface area contributed by atoms with Crippen LogP contribution in [0.15, 0.2) is 0 Å². The first-order valence-electron chi connectivity index (χ1n) is 5.13. The first-order chi connectivity index (χ1) is 5.44. The van der Waals surface area contributed by atoms with Crippen LogP contribution < -0.4 is 0 Å². The van der Waals surface area contributed by atoms with Crippen molar-refractivity contribution in [3.05, 3.63) is 0 Å². The molecule has 1 aliphatic rings. The van der Waals surface area contributed by atoms with E-state index in [0.717, 1.165) is 31.6 Å². The molecule has 1 fully saturated rings. The Morgan fingerprint density at radius 1 is 1.00 bits per heavy atom. The van der Waals surface area contributed by atoms with Crippen LogP contribution in [-0.2, 0) is 0 Å². The zero-order valence-corrected chi connectivity index (χ0v) is 8.99. The van der Waals surface area contributed by atoms with Crippen molar-refractivity contribution in [3.63, 3.8) is 0 Å². The zero-order chi connectivity index (χ0) is 9.61.